The molecule has 1 aliphatic heterocycles. The maximum atomic E-state index is 12.3. The molecule has 1 atom stereocenters. The van der Waals surface area contributed by atoms with E-state index in [2.05, 4.69) is 20.7 Å². The Morgan fingerprint density at radius 1 is 1.48 bits per heavy atom. The van der Waals surface area contributed by atoms with Crippen LogP contribution in [0.2, 0.25) is 5.02 Å². The van der Waals surface area contributed by atoms with Crippen LogP contribution in [-0.4, -0.2) is 29.2 Å². The van der Waals surface area contributed by atoms with Gasteiger partial charge < -0.3 is 9.64 Å². The zero-order valence-electron chi connectivity index (χ0n) is 11.6. The van der Waals surface area contributed by atoms with E-state index in [9.17, 15) is 22.8 Å². The normalized spacial score (nSPS) is 18.4. The van der Waals surface area contributed by atoms with Crippen LogP contribution in [0.15, 0.2) is 16.6 Å². The molecule has 1 aromatic rings. The van der Waals surface area contributed by atoms with Gasteiger partial charge in [-0.3, -0.25) is 9.59 Å². The Kier molecular flexibility index (Phi) is 5.52. The van der Waals surface area contributed by atoms with Gasteiger partial charge in [0.25, 0.3) is 0 Å². The predicted molar refractivity (Wildman–Crippen MR) is 84.9 cm³/mol. The number of rotatable bonds is 3. The lowest BCUT2D eigenvalue weighted by molar-refractivity contribution is -0.274. The Hall–Kier alpha value is -0.930. The van der Waals surface area contributed by atoms with Crippen LogP contribution in [-0.2, 0) is 9.59 Å². The van der Waals surface area contributed by atoms with Crippen molar-refractivity contribution in [2.75, 3.05) is 11.4 Å². The molecule has 1 unspecified atom stereocenters. The number of carbonyl (C=O) groups is 2. The van der Waals surface area contributed by atoms with Gasteiger partial charge in [-0.15, -0.1) is 13.2 Å². The van der Waals surface area contributed by atoms with Gasteiger partial charge in [0.1, 0.15) is 5.75 Å². The van der Waals surface area contributed by atoms with Gasteiger partial charge in [0.2, 0.25) is 5.91 Å². The van der Waals surface area contributed by atoms with Gasteiger partial charge in [-0.2, -0.15) is 0 Å². The van der Waals surface area contributed by atoms with Crippen molar-refractivity contribution in [3.05, 3.63) is 21.6 Å². The standard InChI is InChI=1S/C13H10BrClF3NO3S/c1-6(20)23-8-4-11(21)19(5-8)12-9(14)2-7(3-10(12)15)22-13(16,17)18/h2-3,8H,4-5H2,1H3. The molecule has 1 aromatic carbocycles. The molecule has 4 nitrogen and oxygen atoms in total. The molecule has 1 amide bonds. The minimum absolute atomic E-state index is 0.0551. The van der Waals surface area contributed by atoms with Crippen molar-refractivity contribution in [2.45, 2.75) is 25.0 Å². The highest BCUT2D eigenvalue weighted by molar-refractivity contribution is 9.10. The van der Waals surface area contributed by atoms with E-state index in [0.717, 1.165) is 23.9 Å². The van der Waals surface area contributed by atoms with Gasteiger partial charge >= 0.3 is 6.36 Å². The average Bonchev–Trinajstić information content (AvgIpc) is 2.65. The number of benzene rings is 1. The summed E-state index contributed by atoms with van der Waals surface area (Å²) in [4.78, 5) is 24.6. The first-order valence-electron chi connectivity index (χ1n) is 6.29. The Labute approximate surface area is 147 Å². The highest BCUT2D eigenvalue weighted by atomic mass is 79.9. The second-order valence-electron chi connectivity index (χ2n) is 4.72. The maximum Gasteiger partial charge on any atom is 0.573 e. The predicted octanol–water partition coefficient (Wildman–Crippen LogP) is 4.39. The summed E-state index contributed by atoms with van der Waals surface area (Å²) in [6.07, 6.45) is -4.68. The van der Waals surface area contributed by atoms with Gasteiger partial charge in [-0.25, -0.2) is 0 Å². The van der Waals surface area contributed by atoms with Crippen molar-refractivity contribution in [1.82, 2.24) is 0 Å². The number of thioether (sulfide) groups is 1. The van der Waals surface area contributed by atoms with Crippen molar-refractivity contribution in [3.63, 3.8) is 0 Å². The fraction of sp³-hybridized carbons (Fsp3) is 0.385. The largest absolute Gasteiger partial charge is 0.573 e. The van der Waals surface area contributed by atoms with Crippen molar-refractivity contribution >= 4 is 56.0 Å². The highest BCUT2D eigenvalue weighted by Crippen LogP contribution is 2.41. The Bertz CT molecular complexity index is 633. The van der Waals surface area contributed by atoms with E-state index in [4.69, 9.17) is 11.6 Å². The number of halogens is 5. The third-order valence-corrected chi connectivity index (χ3v) is 4.79. The van der Waals surface area contributed by atoms with Crippen molar-refractivity contribution < 1.29 is 27.5 Å². The van der Waals surface area contributed by atoms with E-state index in [0.29, 0.717) is 0 Å². The van der Waals surface area contributed by atoms with Crippen LogP contribution >= 0.6 is 39.3 Å². The van der Waals surface area contributed by atoms with E-state index >= 15 is 0 Å². The lowest BCUT2D eigenvalue weighted by Gasteiger charge is -2.21. The molecular formula is C13H10BrClF3NO3S. The first kappa shape index (κ1) is 18.4. The van der Waals surface area contributed by atoms with Crippen molar-refractivity contribution in [1.29, 1.82) is 0 Å². The molecule has 0 bridgehead atoms. The summed E-state index contributed by atoms with van der Waals surface area (Å²) in [6, 6.07) is 2.08. The third-order valence-electron chi connectivity index (χ3n) is 2.92. The van der Waals surface area contributed by atoms with E-state index in [1.807, 2.05) is 0 Å². The van der Waals surface area contributed by atoms with Crippen molar-refractivity contribution in [3.8, 4) is 5.75 Å². The number of carbonyl (C=O) groups excluding carboxylic acids is 2. The molecule has 1 saturated heterocycles. The number of alkyl halides is 3. The Morgan fingerprint density at radius 2 is 2.13 bits per heavy atom. The number of anilines is 1. The number of hydrogen-bond donors (Lipinski definition) is 0. The molecule has 1 aliphatic rings. The number of amides is 1. The monoisotopic (exact) mass is 431 g/mol. The Balaban J connectivity index is 2.26. The summed E-state index contributed by atoms with van der Waals surface area (Å²) in [5.74, 6) is -0.740. The molecule has 0 saturated carbocycles. The summed E-state index contributed by atoms with van der Waals surface area (Å²) >= 11 is 10.2. The van der Waals surface area contributed by atoms with Crippen LogP contribution in [0.25, 0.3) is 0 Å². The van der Waals surface area contributed by atoms with Crippen LogP contribution in [0.5, 0.6) is 5.75 Å². The lowest BCUT2D eigenvalue weighted by Crippen LogP contribution is -2.26. The second kappa shape index (κ2) is 6.90. The minimum atomic E-state index is -4.84. The summed E-state index contributed by atoms with van der Waals surface area (Å²) in [7, 11) is 0. The smallest absolute Gasteiger partial charge is 0.406 e. The van der Waals surface area contributed by atoms with Crippen molar-refractivity contribution in [2.24, 2.45) is 0 Å². The fourth-order valence-corrected chi connectivity index (χ4v) is 4.19. The lowest BCUT2D eigenvalue weighted by atomic mass is 10.2. The first-order chi connectivity index (χ1) is 10.6. The Morgan fingerprint density at radius 3 is 2.65 bits per heavy atom. The molecule has 1 heterocycles. The molecule has 0 aliphatic carbocycles. The first-order valence-corrected chi connectivity index (χ1v) is 8.34. The summed E-state index contributed by atoms with van der Waals surface area (Å²) in [6.45, 7) is 1.66. The van der Waals surface area contributed by atoms with Crippen LogP contribution < -0.4 is 9.64 Å². The molecule has 0 N–H and O–H groups in total. The molecule has 2 rings (SSSR count). The molecule has 0 aromatic heterocycles. The van der Waals surface area contributed by atoms with Gasteiger partial charge in [-0.05, 0) is 22.0 Å². The van der Waals surface area contributed by atoms with Gasteiger partial charge in [0.05, 0.1) is 10.7 Å². The van der Waals surface area contributed by atoms with E-state index in [1.54, 1.807) is 0 Å². The molecule has 10 heteroatoms. The maximum absolute atomic E-state index is 12.3. The van der Waals surface area contributed by atoms with Crippen LogP contribution in [0.3, 0.4) is 0 Å². The van der Waals surface area contributed by atoms with E-state index in [-0.39, 0.29) is 44.4 Å². The van der Waals surface area contributed by atoms with Gasteiger partial charge in [-0.1, -0.05) is 23.4 Å². The third kappa shape index (κ3) is 4.77. The molecule has 126 valence electrons. The highest BCUT2D eigenvalue weighted by Gasteiger charge is 2.35. The van der Waals surface area contributed by atoms with Gasteiger partial charge in [0, 0.05) is 35.7 Å². The van der Waals surface area contributed by atoms with Crippen LogP contribution in [0.4, 0.5) is 18.9 Å². The minimum Gasteiger partial charge on any atom is -0.406 e. The van der Waals surface area contributed by atoms with E-state index in [1.165, 1.54) is 11.8 Å². The SMILES string of the molecule is CC(=O)SC1CC(=O)N(c2c(Cl)cc(OC(F)(F)F)cc2Br)C1. The van der Waals surface area contributed by atoms with Crippen LogP contribution in [0, 0.1) is 0 Å². The second-order valence-corrected chi connectivity index (χ2v) is 7.46. The number of hydrogen-bond acceptors (Lipinski definition) is 4. The summed E-state index contributed by atoms with van der Waals surface area (Å²) in [5, 5.41) is -0.377. The zero-order chi connectivity index (χ0) is 17.4. The zero-order valence-corrected chi connectivity index (χ0v) is 14.8. The topological polar surface area (TPSA) is 46.6 Å². The molecule has 0 radical (unpaired) electrons. The van der Waals surface area contributed by atoms with Gasteiger partial charge in [0.15, 0.2) is 5.12 Å². The molecule has 23 heavy (non-hydrogen) atoms. The summed E-state index contributed by atoms with van der Waals surface area (Å²) < 4.78 is 40.8. The van der Waals surface area contributed by atoms with E-state index < -0.39 is 12.1 Å². The quantitative estimate of drug-likeness (QED) is 0.711. The average molecular weight is 433 g/mol. The summed E-state index contributed by atoms with van der Waals surface area (Å²) in [5.41, 5.74) is 0.262. The van der Waals surface area contributed by atoms with Crippen LogP contribution in [0.1, 0.15) is 13.3 Å². The molecule has 1 fully saturated rings. The number of ether oxygens (including phenoxy) is 1. The molecule has 0 spiro atoms. The fourth-order valence-electron chi connectivity index (χ4n) is 2.20. The number of nitrogens with zero attached hydrogens (tertiary/aromatic N) is 1. The molecular weight excluding hydrogens is 423 g/mol.